The number of hydrogen-bond donors (Lipinski definition) is 1. The van der Waals surface area contributed by atoms with E-state index in [9.17, 15) is 9.90 Å². The summed E-state index contributed by atoms with van der Waals surface area (Å²) in [7, 11) is 1.56. The Morgan fingerprint density at radius 2 is 2.00 bits per heavy atom. The maximum absolute atomic E-state index is 13.4. The molecule has 1 saturated heterocycles. The summed E-state index contributed by atoms with van der Waals surface area (Å²) in [6.45, 7) is 1.34. The van der Waals surface area contributed by atoms with Gasteiger partial charge in [0.05, 0.1) is 30.3 Å². The fraction of sp³-hybridized carbons (Fsp3) is 0.429. The summed E-state index contributed by atoms with van der Waals surface area (Å²) in [5.74, 6) is 1.06. The molecule has 8 nitrogen and oxygen atoms in total. The van der Waals surface area contributed by atoms with Crippen LogP contribution in [-0.4, -0.2) is 62.0 Å². The SMILES string of the molecule is COc1cc(C(=O)N2C[C@H]3C[C@@H](n4cncn4)[C@H](O)C[C@H]3C2)c2ccccc2n1. The van der Waals surface area contributed by atoms with Gasteiger partial charge in [-0.25, -0.2) is 14.6 Å². The average molecular weight is 393 g/mol. The zero-order valence-electron chi connectivity index (χ0n) is 16.2. The number of likely N-dealkylation sites (tertiary alicyclic amines) is 1. The summed E-state index contributed by atoms with van der Waals surface area (Å²) >= 11 is 0. The highest BCUT2D eigenvalue weighted by Gasteiger charge is 2.44. The molecule has 0 radical (unpaired) electrons. The van der Waals surface area contributed by atoms with Crippen LogP contribution < -0.4 is 4.74 Å². The van der Waals surface area contributed by atoms with Gasteiger partial charge in [-0.1, -0.05) is 18.2 Å². The van der Waals surface area contributed by atoms with E-state index >= 15 is 0 Å². The number of aliphatic hydroxyl groups excluding tert-OH is 1. The molecule has 8 heteroatoms. The Hall–Kier alpha value is -3.00. The van der Waals surface area contributed by atoms with Gasteiger partial charge in [0, 0.05) is 24.5 Å². The summed E-state index contributed by atoms with van der Waals surface area (Å²) < 4.78 is 7.05. The number of aromatic nitrogens is 4. The first-order chi connectivity index (χ1) is 14.1. The summed E-state index contributed by atoms with van der Waals surface area (Å²) in [4.78, 5) is 23.8. The largest absolute Gasteiger partial charge is 0.481 e. The van der Waals surface area contributed by atoms with Crippen molar-refractivity contribution in [1.29, 1.82) is 0 Å². The highest BCUT2D eigenvalue weighted by Crippen LogP contribution is 2.41. The number of fused-ring (bicyclic) bond motifs is 2. The molecule has 1 aliphatic carbocycles. The summed E-state index contributed by atoms with van der Waals surface area (Å²) in [5.41, 5.74) is 1.35. The number of amides is 1. The van der Waals surface area contributed by atoms with Crippen LogP contribution in [0.15, 0.2) is 43.0 Å². The van der Waals surface area contributed by atoms with Gasteiger partial charge in [-0.3, -0.25) is 4.79 Å². The summed E-state index contributed by atoms with van der Waals surface area (Å²) in [6, 6.07) is 9.25. The first-order valence-corrected chi connectivity index (χ1v) is 9.89. The Morgan fingerprint density at radius 3 is 2.76 bits per heavy atom. The predicted molar refractivity (Wildman–Crippen MR) is 105 cm³/mol. The molecule has 150 valence electrons. The van der Waals surface area contributed by atoms with Crippen LogP contribution in [0.3, 0.4) is 0 Å². The molecule has 1 aliphatic heterocycles. The van der Waals surface area contributed by atoms with Crippen LogP contribution in [0.4, 0.5) is 0 Å². The third-order valence-electron chi connectivity index (χ3n) is 6.30. The number of hydrogen-bond acceptors (Lipinski definition) is 6. The van der Waals surface area contributed by atoms with E-state index in [-0.39, 0.29) is 11.9 Å². The van der Waals surface area contributed by atoms with Gasteiger partial charge in [-0.15, -0.1) is 0 Å². The minimum atomic E-state index is -0.477. The lowest BCUT2D eigenvalue weighted by Crippen LogP contribution is -2.36. The number of benzene rings is 1. The second kappa shape index (κ2) is 7.11. The molecular weight excluding hydrogens is 370 g/mol. The first-order valence-electron chi connectivity index (χ1n) is 9.89. The second-order valence-corrected chi connectivity index (χ2v) is 7.94. The Bertz CT molecular complexity index is 1040. The van der Waals surface area contributed by atoms with Crippen LogP contribution in [-0.2, 0) is 0 Å². The van der Waals surface area contributed by atoms with Crippen molar-refractivity contribution in [3.63, 3.8) is 0 Å². The van der Waals surface area contributed by atoms with Gasteiger partial charge in [0.15, 0.2) is 0 Å². The Balaban J connectivity index is 1.41. The predicted octanol–water partition coefficient (Wildman–Crippen LogP) is 1.92. The zero-order chi connectivity index (χ0) is 20.0. The lowest BCUT2D eigenvalue weighted by atomic mass is 9.77. The molecule has 1 N–H and O–H groups in total. The molecule has 1 saturated carbocycles. The van der Waals surface area contributed by atoms with Crippen molar-refractivity contribution in [2.45, 2.75) is 25.0 Å². The quantitative estimate of drug-likeness (QED) is 0.731. The van der Waals surface area contributed by atoms with Crippen molar-refractivity contribution < 1.29 is 14.6 Å². The van der Waals surface area contributed by atoms with E-state index in [2.05, 4.69) is 15.1 Å². The normalized spacial score (nSPS) is 26.5. The molecule has 3 aromatic rings. The average Bonchev–Trinajstić information content (AvgIpc) is 3.41. The number of pyridine rings is 1. The highest BCUT2D eigenvalue weighted by molar-refractivity contribution is 6.06. The Morgan fingerprint density at radius 1 is 1.21 bits per heavy atom. The molecule has 2 aliphatic rings. The van der Waals surface area contributed by atoms with Gasteiger partial charge >= 0.3 is 0 Å². The van der Waals surface area contributed by atoms with E-state index in [0.717, 1.165) is 17.3 Å². The topological polar surface area (TPSA) is 93.4 Å². The Labute approximate surface area is 168 Å². The van der Waals surface area contributed by atoms with Crippen molar-refractivity contribution in [1.82, 2.24) is 24.6 Å². The zero-order valence-corrected chi connectivity index (χ0v) is 16.2. The van der Waals surface area contributed by atoms with Crippen LogP contribution in [0.2, 0.25) is 0 Å². The van der Waals surface area contributed by atoms with Crippen LogP contribution in [0.25, 0.3) is 10.9 Å². The molecule has 1 amide bonds. The molecule has 2 aromatic heterocycles. The molecule has 5 rings (SSSR count). The molecule has 4 atom stereocenters. The second-order valence-electron chi connectivity index (χ2n) is 7.94. The van der Waals surface area contributed by atoms with Crippen LogP contribution in [0.1, 0.15) is 29.2 Å². The minimum Gasteiger partial charge on any atom is -0.481 e. The molecular formula is C21H23N5O3. The number of carbonyl (C=O) groups excluding carboxylic acids is 1. The Kier molecular flexibility index (Phi) is 4.43. The van der Waals surface area contributed by atoms with Crippen molar-refractivity contribution >= 4 is 16.8 Å². The number of aliphatic hydroxyl groups is 1. The van der Waals surface area contributed by atoms with Gasteiger partial charge in [-0.2, -0.15) is 5.10 Å². The van der Waals surface area contributed by atoms with E-state index in [0.29, 0.717) is 42.8 Å². The standard InChI is InChI=1S/C21H23N5O3/c1-29-20-8-16(15-4-2-3-5-17(15)24-20)21(28)25-9-13-6-18(26-12-22-11-23-26)19(27)7-14(13)10-25/h2-5,8,11-14,18-19,27H,6-7,9-10H2,1H3/t13-,14+,18-,19-/m1/s1. The molecule has 3 heterocycles. The van der Waals surface area contributed by atoms with E-state index < -0.39 is 6.10 Å². The maximum Gasteiger partial charge on any atom is 0.254 e. The van der Waals surface area contributed by atoms with Gasteiger partial charge in [0.2, 0.25) is 5.88 Å². The smallest absolute Gasteiger partial charge is 0.254 e. The molecule has 0 spiro atoms. The number of para-hydroxylation sites is 1. The third-order valence-corrected chi connectivity index (χ3v) is 6.30. The van der Waals surface area contributed by atoms with Gasteiger partial charge < -0.3 is 14.7 Å². The van der Waals surface area contributed by atoms with Crippen LogP contribution in [0, 0.1) is 11.8 Å². The number of carbonyl (C=O) groups is 1. The number of ether oxygens (including phenoxy) is 1. The van der Waals surface area contributed by atoms with Gasteiger partial charge in [-0.05, 0) is 30.7 Å². The fourth-order valence-electron chi connectivity index (χ4n) is 4.85. The van der Waals surface area contributed by atoms with E-state index in [4.69, 9.17) is 4.74 Å². The van der Waals surface area contributed by atoms with Crippen molar-refractivity contribution in [2.75, 3.05) is 20.2 Å². The molecule has 1 aromatic carbocycles. The number of methoxy groups -OCH3 is 1. The summed E-state index contributed by atoms with van der Waals surface area (Å²) in [5, 5.41) is 15.7. The van der Waals surface area contributed by atoms with Crippen LogP contribution >= 0.6 is 0 Å². The van der Waals surface area contributed by atoms with E-state index in [1.807, 2.05) is 29.2 Å². The molecule has 29 heavy (non-hydrogen) atoms. The third kappa shape index (κ3) is 3.13. The number of nitrogens with zero attached hydrogens (tertiary/aromatic N) is 5. The lowest BCUT2D eigenvalue weighted by Gasteiger charge is -2.34. The molecule has 0 bridgehead atoms. The maximum atomic E-state index is 13.4. The van der Waals surface area contributed by atoms with Gasteiger partial charge in [0.1, 0.15) is 12.7 Å². The van der Waals surface area contributed by atoms with Crippen LogP contribution in [0.5, 0.6) is 5.88 Å². The lowest BCUT2D eigenvalue weighted by molar-refractivity contribution is 0.0304. The highest BCUT2D eigenvalue weighted by atomic mass is 16.5. The van der Waals surface area contributed by atoms with Crippen molar-refractivity contribution in [3.05, 3.63) is 48.5 Å². The first kappa shape index (κ1) is 18.1. The van der Waals surface area contributed by atoms with Crippen molar-refractivity contribution in [2.24, 2.45) is 11.8 Å². The van der Waals surface area contributed by atoms with E-state index in [1.165, 1.54) is 6.33 Å². The fourth-order valence-corrected chi connectivity index (χ4v) is 4.85. The summed E-state index contributed by atoms with van der Waals surface area (Å²) in [6.07, 6.45) is 4.13. The minimum absolute atomic E-state index is 0.0110. The van der Waals surface area contributed by atoms with E-state index in [1.54, 1.807) is 24.2 Å². The monoisotopic (exact) mass is 393 g/mol. The molecule has 0 unspecified atom stereocenters. The number of rotatable bonds is 3. The van der Waals surface area contributed by atoms with Crippen molar-refractivity contribution in [3.8, 4) is 5.88 Å². The van der Waals surface area contributed by atoms with Gasteiger partial charge in [0.25, 0.3) is 5.91 Å². The molecule has 2 fully saturated rings.